The van der Waals surface area contributed by atoms with Crippen LogP contribution in [-0.2, 0) is 9.59 Å². The van der Waals surface area contributed by atoms with E-state index in [2.05, 4.69) is 26.7 Å². The first-order valence-electron chi connectivity index (χ1n) is 9.95. The molecule has 0 saturated carbocycles. The van der Waals surface area contributed by atoms with Gasteiger partial charge < -0.3 is 19.9 Å². The highest BCUT2D eigenvalue weighted by molar-refractivity contribution is 7.13. The van der Waals surface area contributed by atoms with Crippen LogP contribution in [0.2, 0.25) is 0 Å². The topological polar surface area (TPSA) is 74.8 Å². The molecule has 4 rings (SSSR count). The Balaban J connectivity index is 1.24. The van der Waals surface area contributed by atoms with Gasteiger partial charge in [0.05, 0.1) is 11.8 Å². The van der Waals surface area contributed by atoms with Crippen molar-refractivity contribution in [3.05, 3.63) is 48.5 Å². The number of ether oxygens (including phenoxy) is 1. The van der Waals surface area contributed by atoms with Gasteiger partial charge in [-0.25, -0.2) is 0 Å². The largest absolute Gasteiger partial charge is 0.497 e. The number of carbonyl (C=O) groups is 2. The summed E-state index contributed by atoms with van der Waals surface area (Å²) in [7, 11) is 1.60. The maximum absolute atomic E-state index is 12.5. The van der Waals surface area contributed by atoms with Crippen molar-refractivity contribution in [2.75, 3.05) is 43.5 Å². The summed E-state index contributed by atoms with van der Waals surface area (Å²) in [4.78, 5) is 28.8. The predicted octanol–water partition coefficient (Wildman–Crippen LogP) is 3.37. The van der Waals surface area contributed by atoms with E-state index in [-0.39, 0.29) is 24.7 Å². The van der Waals surface area contributed by atoms with Crippen molar-refractivity contribution >= 4 is 44.9 Å². The molecule has 1 aliphatic rings. The second-order valence-electron chi connectivity index (χ2n) is 7.15. The Morgan fingerprint density at radius 2 is 1.77 bits per heavy atom. The molecule has 156 valence electrons. The molecular weight excluding hydrogens is 400 g/mol. The standard InChI is InChI=1S/C22H24N4O3S/c1-29-17-8-6-16(7-9-17)23-20(27)10-11-21(28)25-12-14-26(15-13-25)22-18-4-2-3-5-19(18)30-24-22/h2-9H,10-15H2,1H3,(H,23,27). The Kier molecular flexibility index (Phi) is 6.13. The van der Waals surface area contributed by atoms with Crippen LogP contribution in [-0.4, -0.2) is 54.4 Å². The molecule has 0 bridgehead atoms. The second kappa shape index (κ2) is 9.13. The maximum Gasteiger partial charge on any atom is 0.224 e. The highest BCUT2D eigenvalue weighted by Gasteiger charge is 2.23. The number of carbonyl (C=O) groups excluding carboxylic acids is 2. The summed E-state index contributed by atoms with van der Waals surface area (Å²) in [5, 5.41) is 3.98. The molecule has 3 aromatic rings. The number of nitrogens with one attached hydrogen (secondary N) is 1. The smallest absolute Gasteiger partial charge is 0.224 e. The van der Waals surface area contributed by atoms with Crippen molar-refractivity contribution in [3.63, 3.8) is 0 Å². The molecule has 1 saturated heterocycles. The Morgan fingerprint density at radius 1 is 1.03 bits per heavy atom. The van der Waals surface area contributed by atoms with Crippen molar-refractivity contribution in [2.24, 2.45) is 0 Å². The monoisotopic (exact) mass is 424 g/mol. The zero-order valence-electron chi connectivity index (χ0n) is 16.8. The molecule has 1 N–H and O–H groups in total. The summed E-state index contributed by atoms with van der Waals surface area (Å²) in [5.74, 6) is 1.58. The molecule has 2 heterocycles. The third-order valence-corrected chi connectivity index (χ3v) is 6.05. The van der Waals surface area contributed by atoms with E-state index in [0.29, 0.717) is 18.8 Å². The van der Waals surface area contributed by atoms with E-state index >= 15 is 0 Å². The van der Waals surface area contributed by atoms with Crippen LogP contribution in [0.5, 0.6) is 5.75 Å². The van der Waals surface area contributed by atoms with Crippen molar-refractivity contribution in [2.45, 2.75) is 12.8 Å². The van der Waals surface area contributed by atoms with Gasteiger partial charge >= 0.3 is 0 Å². The molecule has 0 unspecified atom stereocenters. The van der Waals surface area contributed by atoms with E-state index in [9.17, 15) is 9.59 Å². The molecule has 7 nitrogen and oxygen atoms in total. The number of fused-ring (bicyclic) bond motifs is 1. The van der Waals surface area contributed by atoms with Gasteiger partial charge in [0.25, 0.3) is 0 Å². The minimum Gasteiger partial charge on any atom is -0.497 e. The average Bonchev–Trinajstić information content (AvgIpc) is 3.22. The van der Waals surface area contributed by atoms with Crippen molar-refractivity contribution in [1.82, 2.24) is 9.27 Å². The Morgan fingerprint density at radius 3 is 2.50 bits per heavy atom. The second-order valence-corrected chi connectivity index (χ2v) is 7.95. The molecule has 1 aromatic heterocycles. The van der Waals surface area contributed by atoms with Crippen LogP contribution in [0, 0.1) is 0 Å². The zero-order chi connectivity index (χ0) is 20.9. The summed E-state index contributed by atoms with van der Waals surface area (Å²) >= 11 is 1.51. The lowest BCUT2D eigenvalue weighted by atomic mass is 10.2. The van der Waals surface area contributed by atoms with E-state index in [1.54, 1.807) is 31.4 Å². The molecule has 0 spiro atoms. The van der Waals surface area contributed by atoms with Gasteiger partial charge in [0.1, 0.15) is 11.6 Å². The van der Waals surface area contributed by atoms with E-state index in [1.165, 1.54) is 16.2 Å². The Hall–Kier alpha value is -3.13. The van der Waals surface area contributed by atoms with Crippen LogP contribution in [0.1, 0.15) is 12.8 Å². The number of nitrogens with zero attached hydrogens (tertiary/aromatic N) is 3. The molecule has 8 heteroatoms. The quantitative estimate of drug-likeness (QED) is 0.657. The summed E-state index contributed by atoms with van der Waals surface area (Å²) in [6.45, 7) is 2.78. The molecular formula is C22H24N4O3S. The number of amides is 2. The molecule has 1 fully saturated rings. The molecule has 0 aliphatic carbocycles. The van der Waals surface area contributed by atoms with Gasteiger partial charge in [-0.1, -0.05) is 12.1 Å². The highest BCUT2D eigenvalue weighted by Crippen LogP contribution is 2.29. The number of hydrogen-bond donors (Lipinski definition) is 1. The summed E-state index contributed by atoms with van der Waals surface area (Å²) < 4.78 is 10.9. The first-order valence-corrected chi connectivity index (χ1v) is 10.7. The lowest BCUT2D eigenvalue weighted by Crippen LogP contribution is -2.49. The van der Waals surface area contributed by atoms with Crippen molar-refractivity contribution < 1.29 is 14.3 Å². The molecule has 0 atom stereocenters. The predicted molar refractivity (Wildman–Crippen MR) is 119 cm³/mol. The van der Waals surface area contributed by atoms with Crippen LogP contribution in [0.25, 0.3) is 10.1 Å². The fourth-order valence-corrected chi connectivity index (χ4v) is 4.34. The van der Waals surface area contributed by atoms with Gasteiger partial charge in [-0.15, -0.1) is 0 Å². The third kappa shape index (κ3) is 4.54. The van der Waals surface area contributed by atoms with Crippen LogP contribution in [0.15, 0.2) is 48.5 Å². The lowest BCUT2D eigenvalue weighted by Gasteiger charge is -2.35. The van der Waals surface area contributed by atoms with Crippen LogP contribution in [0.3, 0.4) is 0 Å². The van der Waals surface area contributed by atoms with Crippen molar-refractivity contribution in [1.29, 1.82) is 0 Å². The summed E-state index contributed by atoms with van der Waals surface area (Å²) in [6, 6.07) is 15.3. The van der Waals surface area contributed by atoms with Crippen molar-refractivity contribution in [3.8, 4) is 5.75 Å². The number of hydrogen-bond acceptors (Lipinski definition) is 6. The van der Waals surface area contributed by atoms with Crippen LogP contribution >= 0.6 is 11.5 Å². The number of aromatic nitrogens is 1. The van der Waals surface area contributed by atoms with Gasteiger partial charge in [0.15, 0.2) is 0 Å². The molecule has 30 heavy (non-hydrogen) atoms. The van der Waals surface area contributed by atoms with E-state index < -0.39 is 0 Å². The molecule has 0 radical (unpaired) electrons. The maximum atomic E-state index is 12.5. The average molecular weight is 425 g/mol. The van der Waals surface area contributed by atoms with Crippen LogP contribution in [0.4, 0.5) is 11.5 Å². The first-order chi connectivity index (χ1) is 14.6. The summed E-state index contributed by atoms with van der Waals surface area (Å²) in [5.41, 5.74) is 0.692. The van der Waals surface area contributed by atoms with Gasteiger partial charge in [0.2, 0.25) is 11.8 Å². The molecule has 2 amide bonds. The highest BCUT2D eigenvalue weighted by atomic mass is 32.1. The Labute approximate surface area is 179 Å². The van der Waals surface area contributed by atoms with Gasteiger partial charge in [0, 0.05) is 50.1 Å². The van der Waals surface area contributed by atoms with E-state index in [1.807, 2.05) is 17.0 Å². The number of rotatable bonds is 6. The number of benzene rings is 2. The minimum atomic E-state index is -0.166. The van der Waals surface area contributed by atoms with E-state index in [0.717, 1.165) is 30.0 Å². The zero-order valence-corrected chi connectivity index (χ0v) is 17.7. The lowest BCUT2D eigenvalue weighted by molar-refractivity contribution is -0.133. The third-order valence-electron chi connectivity index (χ3n) is 5.23. The fourth-order valence-electron chi connectivity index (χ4n) is 3.54. The van der Waals surface area contributed by atoms with Gasteiger partial charge in [-0.3, -0.25) is 9.59 Å². The summed E-state index contributed by atoms with van der Waals surface area (Å²) in [6.07, 6.45) is 0.378. The van der Waals surface area contributed by atoms with E-state index in [4.69, 9.17) is 4.74 Å². The molecule has 1 aliphatic heterocycles. The SMILES string of the molecule is COc1ccc(NC(=O)CCC(=O)N2CCN(c3nsc4ccccc34)CC2)cc1. The fraction of sp³-hybridized carbons (Fsp3) is 0.318. The minimum absolute atomic E-state index is 0.0164. The van der Waals surface area contributed by atoms with Crippen LogP contribution < -0.4 is 15.0 Å². The molecule has 2 aromatic carbocycles. The normalized spacial score (nSPS) is 14.0. The number of piperazine rings is 1. The van der Waals surface area contributed by atoms with Gasteiger partial charge in [-0.2, -0.15) is 4.37 Å². The number of anilines is 2. The van der Waals surface area contributed by atoms with Gasteiger partial charge in [-0.05, 0) is 47.9 Å². The Bertz CT molecular complexity index is 1030. The first kappa shape index (κ1) is 20.2. The number of methoxy groups -OCH3 is 1.